The lowest BCUT2D eigenvalue weighted by Gasteiger charge is -2.24. The van der Waals surface area contributed by atoms with Gasteiger partial charge in [-0.15, -0.1) is 0 Å². The van der Waals surface area contributed by atoms with Crippen LogP contribution in [0.1, 0.15) is 13.8 Å². The Morgan fingerprint density at radius 1 is 1.28 bits per heavy atom. The van der Waals surface area contributed by atoms with Crippen LogP contribution >= 0.6 is 11.5 Å². The van der Waals surface area contributed by atoms with Crippen molar-refractivity contribution in [2.24, 2.45) is 0 Å². The molecule has 18 heavy (non-hydrogen) atoms. The molecule has 0 atom stereocenters. The molecular weight excluding hydrogens is 246 g/mol. The fourth-order valence-corrected chi connectivity index (χ4v) is 2.57. The van der Waals surface area contributed by atoms with E-state index in [2.05, 4.69) is 28.1 Å². The molecule has 0 radical (unpaired) electrons. The fourth-order valence-electron chi connectivity index (χ4n) is 1.72. The summed E-state index contributed by atoms with van der Waals surface area (Å²) in [6.45, 7) is 4.87. The van der Waals surface area contributed by atoms with Crippen LogP contribution in [0.5, 0.6) is 0 Å². The molecule has 2 rings (SSSR count). The normalized spacial score (nSPS) is 10.9. The van der Waals surface area contributed by atoms with Gasteiger partial charge >= 0.3 is 0 Å². The number of hydrogen-bond acceptors (Lipinski definition) is 5. The molecule has 0 bridgehead atoms. The smallest absolute Gasteiger partial charge is 0.205 e. The van der Waals surface area contributed by atoms with Crippen LogP contribution < -0.4 is 4.90 Å². The molecule has 0 saturated carbocycles. The number of aliphatic hydroxyl groups is 1. The molecular formula is C13H17N3OS. The summed E-state index contributed by atoms with van der Waals surface area (Å²) in [6.07, 6.45) is 0. The first-order valence-corrected chi connectivity index (χ1v) is 6.76. The van der Waals surface area contributed by atoms with E-state index in [0.29, 0.717) is 12.6 Å². The van der Waals surface area contributed by atoms with Crippen LogP contribution in [0.4, 0.5) is 5.13 Å². The average molecular weight is 263 g/mol. The minimum Gasteiger partial charge on any atom is -0.395 e. The number of aromatic nitrogens is 2. The quantitative estimate of drug-likeness (QED) is 0.900. The van der Waals surface area contributed by atoms with Gasteiger partial charge in [0.1, 0.15) is 0 Å². The number of aliphatic hydroxyl groups excluding tert-OH is 1. The van der Waals surface area contributed by atoms with Crippen molar-refractivity contribution < 1.29 is 5.11 Å². The number of hydrogen-bond donors (Lipinski definition) is 1. The van der Waals surface area contributed by atoms with E-state index in [1.54, 1.807) is 0 Å². The standard InChI is InChI=1S/C13H17N3OS/c1-10(2)16(8-9-17)13-14-12(15-18-13)11-6-4-3-5-7-11/h3-7,10,17H,8-9H2,1-2H3. The Labute approximate surface area is 111 Å². The Morgan fingerprint density at radius 2 is 2.00 bits per heavy atom. The number of benzene rings is 1. The maximum atomic E-state index is 9.09. The van der Waals surface area contributed by atoms with Gasteiger partial charge in [0.25, 0.3) is 0 Å². The SMILES string of the molecule is CC(C)N(CCO)c1nc(-c2ccccc2)ns1. The Bertz CT molecular complexity index is 484. The largest absolute Gasteiger partial charge is 0.395 e. The van der Waals surface area contributed by atoms with E-state index in [4.69, 9.17) is 5.11 Å². The molecule has 0 aliphatic rings. The lowest BCUT2D eigenvalue weighted by atomic mass is 10.2. The predicted molar refractivity (Wildman–Crippen MR) is 74.9 cm³/mol. The Morgan fingerprint density at radius 3 is 2.61 bits per heavy atom. The van der Waals surface area contributed by atoms with Gasteiger partial charge in [-0.1, -0.05) is 30.3 Å². The molecule has 0 spiro atoms. The van der Waals surface area contributed by atoms with Crippen LogP contribution in [0, 0.1) is 0 Å². The number of rotatable bonds is 5. The summed E-state index contributed by atoms with van der Waals surface area (Å²) in [5.74, 6) is 0.749. The van der Waals surface area contributed by atoms with Gasteiger partial charge in [-0.25, -0.2) is 0 Å². The maximum Gasteiger partial charge on any atom is 0.205 e. The van der Waals surface area contributed by atoms with Crippen LogP contribution in [0.15, 0.2) is 30.3 Å². The molecule has 0 unspecified atom stereocenters. The molecule has 1 heterocycles. The summed E-state index contributed by atoms with van der Waals surface area (Å²) in [5.41, 5.74) is 1.02. The summed E-state index contributed by atoms with van der Waals surface area (Å²) in [7, 11) is 0. The highest BCUT2D eigenvalue weighted by Gasteiger charge is 2.15. The van der Waals surface area contributed by atoms with Gasteiger partial charge in [0.15, 0.2) is 5.82 Å². The number of nitrogens with zero attached hydrogens (tertiary/aromatic N) is 3. The van der Waals surface area contributed by atoms with Crippen LogP contribution in [0.25, 0.3) is 11.4 Å². The van der Waals surface area contributed by atoms with Gasteiger partial charge in [-0.2, -0.15) is 9.36 Å². The van der Waals surface area contributed by atoms with E-state index in [0.717, 1.165) is 16.5 Å². The third kappa shape index (κ3) is 2.86. The summed E-state index contributed by atoms with van der Waals surface area (Å²) in [6, 6.07) is 10.2. The van der Waals surface area contributed by atoms with Gasteiger partial charge in [0.2, 0.25) is 5.13 Å². The fraction of sp³-hybridized carbons (Fsp3) is 0.385. The third-order valence-corrected chi connectivity index (χ3v) is 3.41. The first kappa shape index (κ1) is 13.0. The molecule has 0 fully saturated rings. The van der Waals surface area contributed by atoms with E-state index in [1.807, 2.05) is 30.3 Å². The van der Waals surface area contributed by atoms with Gasteiger partial charge in [0.05, 0.1) is 6.61 Å². The molecule has 5 heteroatoms. The van der Waals surface area contributed by atoms with Crippen LogP contribution in [0.2, 0.25) is 0 Å². The zero-order valence-electron chi connectivity index (χ0n) is 10.6. The predicted octanol–water partition coefficient (Wildman–Crippen LogP) is 2.41. The molecule has 96 valence electrons. The zero-order chi connectivity index (χ0) is 13.0. The molecule has 1 N–H and O–H groups in total. The van der Waals surface area contributed by atoms with Crippen molar-refractivity contribution in [3.8, 4) is 11.4 Å². The first-order valence-electron chi connectivity index (χ1n) is 5.99. The van der Waals surface area contributed by atoms with Crippen LogP contribution in [-0.4, -0.2) is 33.7 Å². The average Bonchev–Trinajstić information content (AvgIpc) is 2.86. The van der Waals surface area contributed by atoms with E-state index in [1.165, 1.54) is 11.5 Å². The highest BCUT2D eigenvalue weighted by Crippen LogP contribution is 2.24. The van der Waals surface area contributed by atoms with Gasteiger partial charge in [-0.3, -0.25) is 0 Å². The van der Waals surface area contributed by atoms with Gasteiger partial charge in [0, 0.05) is 29.7 Å². The second-order valence-corrected chi connectivity index (χ2v) is 5.01. The maximum absolute atomic E-state index is 9.09. The molecule has 2 aromatic rings. The van der Waals surface area contributed by atoms with Crippen molar-refractivity contribution in [3.05, 3.63) is 30.3 Å². The minimum atomic E-state index is 0.123. The topological polar surface area (TPSA) is 49.2 Å². The van der Waals surface area contributed by atoms with Crippen molar-refractivity contribution in [3.63, 3.8) is 0 Å². The van der Waals surface area contributed by atoms with E-state index in [9.17, 15) is 0 Å². The van der Waals surface area contributed by atoms with Crippen molar-refractivity contribution in [1.82, 2.24) is 9.36 Å². The summed E-state index contributed by atoms with van der Waals surface area (Å²) < 4.78 is 4.38. The van der Waals surface area contributed by atoms with Crippen molar-refractivity contribution in [2.75, 3.05) is 18.1 Å². The summed E-state index contributed by atoms with van der Waals surface area (Å²) >= 11 is 1.37. The van der Waals surface area contributed by atoms with E-state index >= 15 is 0 Å². The minimum absolute atomic E-state index is 0.123. The molecule has 0 aliphatic carbocycles. The molecule has 0 saturated heterocycles. The Balaban J connectivity index is 2.24. The van der Waals surface area contributed by atoms with E-state index in [-0.39, 0.29) is 6.61 Å². The molecule has 0 aliphatic heterocycles. The summed E-state index contributed by atoms with van der Waals surface area (Å²) in [4.78, 5) is 6.60. The van der Waals surface area contributed by atoms with Gasteiger partial charge < -0.3 is 10.0 Å². The van der Waals surface area contributed by atoms with Gasteiger partial charge in [-0.05, 0) is 13.8 Å². The molecule has 0 amide bonds. The third-order valence-electron chi connectivity index (χ3n) is 2.66. The highest BCUT2D eigenvalue weighted by molar-refractivity contribution is 7.09. The van der Waals surface area contributed by atoms with Crippen molar-refractivity contribution in [1.29, 1.82) is 0 Å². The highest BCUT2D eigenvalue weighted by atomic mass is 32.1. The first-order chi connectivity index (χ1) is 8.72. The zero-order valence-corrected chi connectivity index (χ0v) is 11.4. The monoisotopic (exact) mass is 263 g/mol. The second-order valence-electron chi connectivity index (χ2n) is 4.28. The summed E-state index contributed by atoms with van der Waals surface area (Å²) in [5, 5.41) is 9.94. The lowest BCUT2D eigenvalue weighted by molar-refractivity contribution is 0.299. The lowest BCUT2D eigenvalue weighted by Crippen LogP contribution is -2.33. The Kier molecular flexibility index (Phi) is 4.28. The molecule has 1 aromatic carbocycles. The molecule has 1 aromatic heterocycles. The van der Waals surface area contributed by atoms with Crippen molar-refractivity contribution in [2.45, 2.75) is 19.9 Å². The van der Waals surface area contributed by atoms with Crippen LogP contribution in [0.3, 0.4) is 0 Å². The number of anilines is 1. The van der Waals surface area contributed by atoms with E-state index < -0.39 is 0 Å². The second kappa shape index (κ2) is 5.93. The van der Waals surface area contributed by atoms with Crippen LogP contribution in [-0.2, 0) is 0 Å². The van der Waals surface area contributed by atoms with Crippen molar-refractivity contribution >= 4 is 16.7 Å². The Hall–Kier alpha value is -1.46. The molecule has 4 nitrogen and oxygen atoms in total.